The molecular formula is C29H31NO4. The van der Waals surface area contributed by atoms with Crippen molar-refractivity contribution in [3.8, 4) is 0 Å². The number of aromatic amines is 1. The Hall–Kier alpha value is -3.34. The molecule has 0 radical (unpaired) electrons. The van der Waals surface area contributed by atoms with Crippen molar-refractivity contribution >= 4 is 33.6 Å². The fourth-order valence-corrected chi connectivity index (χ4v) is 5.33. The Morgan fingerprint density at radius 1 is 1.00 bits per heavy atom. The Bertz CT molecular complexity index is 1330. The molecule has 0 aliphatic heterocycles. The summed E-state index contributed by atoms with van der Waals surface area (Å²) in [5, 5.41) is 12.0. The maximum absolute atomic E-state index is 12.8. The topological polar surface area (TPSA) is 83.3 Å². The largest absolute Gasteiger partial charge is 0.481 e. The van der Waals surface area contributed by atoms with Crippen LogP contribution in [0, 0.1) is 5.92 Å². The molecule has 176 valence electrons. The molecule has 0 fully saturated rings. The van der Waals surface area contributed by atoms with Crippen molar-refractivity contribution < 1.29 is 19.1 Å². The quantitative estimate of drug-likeness (QED) is 0.190. The van der Waals surface area contributed by atoms with Crippen LogP contribution in [0.4, 0.5) is 0 Å². The molecule has 5 heteroatoms. The van der Waals surface area contributed by atoms with Gasteiger partial charge in [0.25, 0.3) is 0 Å². The highest BCUT2D eigenvalue weighted by Crippen LogP contribution is 2.33. The number of benzene rings is 2. The summed E-state index contributed by atoms with van der Waals surface area (Å²) in [6.45, 7) is 0. The molecule has 2 aromatic carbocycles. The lowest BCUT2D eigenvalue weighted by molar-refractivity contribution is -0.141. The monoisotopic (exact) mass is 457 g/mol. The number of hydrogen-bond donors (Lipinski definition) is 2. The minimum Gasteiger partial charge on any atom is -0.481 e. The zero-order valence-corrected chi connectivity index (χ0v) is 19.4. The van der Waals surface area contributed by atoms with E-state index in [1.807, 2.05) is 18.2 Å². The number of carbonyl (C=O) groups is 2. The smallest absolute Gasteiger partial charge is 0.306 e. The highest BCUT2D eigenvalue weighted by molar-refractivity contribution is 6.01. The van der Waals surface area contributed by atoms with Gasteiger partial charge in [-0.1, -0.05) is 49.6 Å². The third-order valence-electron chi connectivity index (χ3n) is 7.23. The first-order valence-electron chi connectivity index (χ1n) is 12.5. The number of aliphatic carboxylic acids is 1. The van der Waals surface area contributed by atoms with Crippen LogP contribution in [0.1, 0.15) is 72.2 Å². The number of fused-ring (bicyclic) bond motifs is 4. The lowest BCUT2D eigenvalue weighted by Crippen LogP contribution is -2.18. The molecule has 1 atom stereocenters. The summed E-state index contributed by atoms with van der Waals surface area (Å²) in [6, 6.07) is 13.9. The molecule has 2 heterocycles. The fourth-order valence-electron chi connectivity index (χ4n) is 5.33. The van der Waals surface area contributed by atoms with Gasteiger partial charge in [-0.2, -0.15) is 0 Å². The number of aryl methyl sites for hydroxylation is 3. The standard InChI is InChI=1S/C29H31NO4/c31-26(19-14-15-24-23-11-7-13-27(23)34-28(24)17-19)16-20(29(32)33)8-3-1-2-4-9-21-18-30-25-12-6-5-10-22(21)25/h5-6,10,12,14-15,17-18,20,30H,1-4,7-9,11,13,16H2,(H,32,33). The Morgan fingerprint density at radius 3 is 2.74 bits per heavy atom. The number of aromatic nitrogens is 1. The van der Waals surface area contributed by atoms with Gasteiger partial charge >= 0.3 is 5.97 Å². The molecular weight excluding hydrogens is 426 g/mol. The molecule has 0 spiro atoms. The molecule has 1 aliphatic carbocycles. The molecule has 4 aromatic rings. The highest BCUT2D eigenvalue weighted by Gasteiger charge is 2.24. The van der Waals surface area contributed by atoms with Gasteiger partial charge in [-0.15, -0.1) is 0 Å². The zero-order valence-electron chi connectivity index (χ0n) is 19.4. The Morgan fingerprint density at radius 2 is 1.85 bits per heavy atom. The molecule has 5 rings (SSSR count). The molecule has 0 saturated carbocycles. The van der Waals surface area contributed by atoms with Gasteiger partial charge in [0.15, 0.2) is 5.78 Å². The van der Waals surface area contributed by atoms with Crippen molar-refractivity contribution in [2.24, 2.45) is 5.92 Å². The van der Waals surface area contributed by atoms with Crippen LogP contribution in [0.5, 0.6) is 0 Å². The van der Waals surface area contributed by atoms with Crippen molar-refractivity contribution in [1.29, 1.82) is 0 Å². The SMILES string of the molecule is O=C(CC(CCCCCCc1c[nH]c2ccccc12)C(=O)O)c1ccc2c3c(oc2c1)CCC3. The fraction of sp³-hybridized carbons (Fsp3) is 0.379. The molecule has 2 aromatic heterocycles. The lowest BCUT2D eigenvalue weighted by atomic mass is 9.92. The van der Waals surface area contributed by atoms with E-state index in [0.29, 0.717) is 12.0 Å². The number of para-hydroxylation sites is 1. The van der Waals surface area contributed by atoms with Crippen LogP contribution in [0.15, 0.2) is 53.1 Å². The van der Waals surface area contributed by atoms with Gasteiger partial charge < -0.3 is 14.5 Å². The summed E-state index contributed by atoms with van der Waals surface area (Å²) in [6.07, 6.45) is 10.7. The minimum atomic E-state index is -0.884. The number of H-pyrrole nitrogens is 1. The summed E-state index contributed by atoms with van der Waals surface area (Å²) in [5.74, 6) is -0.610. The van der Waals surface area contributed by atoms with Crippen molar-refractivity contribution in [2.75, 3.05) is 0 Å². The third kappa shape index (κ3) is 4.65. The number of carboxylic acids is 1. The number of rotatable bonds is 11. The zero-order chi connectivity index (χ0) is 23.5. The summed E-state index contributed by atoms with van der Waals surface area (Å²) in [4.78, 5) is 28.0. The molecule has 5 nitrogen and oxygen atoms in total. The molecule has 2 N–H and O–H groups in total. The third-order valence-corrected chi connectivity index (χ3v) is 7.23. The normalized spacial score (nSPS) is 14.0. The lowest BCUT2D eigenvalue weighted by Gasteiger charge is -2.11. The number of Topliss-reactive ketones (excluding diaryl/α,β-unsaturated/α-hetero) is 1. The predicted octanol–water partition coefficient (Wildman–Crippen LogP) is 6.87. The number of furan rings is 1. The van der Waals surface area contributed by atoms with Crippen LogP contribution in [0.3, 0.4) is 0 Å². The number of unbranched alkanes of at least 4 members (excludes halogenated alkanes) is 3. The van der Waals surface area contributed by atoms with Crippen molar-refractivity contribution in [2.45, 2.75) is 64.2 Å². The first-order chi connectivity index (χ1) is 16.6. The van der Waals surface area contributed by atoms with E-state index in [1.54, 1.807) is 6.07 Å². The van der Waals surface area contributed by atoms with Crippen molar-refractivity contribution in [3.05, 3.63) is 71.1 Å². The van der Waals surface area contributed by atoms with Crippen LogP contribution in [0.25, 0.3) is 21.9 Å². The maximum Gasteiger partial charge on any atom is 0.306 e. The first kappa shape index (κ1) is 22.5. The molecule has 34 heavy (non-hydrogen) atoms. The molecule has 0 saturated heterocycles. The summed E-state index contributed by atoms with van der Waals surface area (Å²) < 4.78 is 5.94. The van der Waals surface area contributed by atoms with E-state index in [1.165, 1.54) is 22.0 Å². The Kier molecular flexibility index (Phi) is 6.52. The average molecular weight is 458 g/mol. The molecule has 1 unspecified atom stereocenters. The van der Waals surface area contributed by atoms with E-state index in [-0.39, 0.29) is 12.2 Å². The second-order valence-corrected chi connectivity index (χ2v) is 9.54. The molecule has 1 aliphatic rings. The maximum atomic E-state index is 12.8. The highest BCUT2D eigenvalue weighted by atomic mass is 16.4. The average Bonchev–Trinajstić information content (AvgIpc) is 3.54. The van der Waals surface area contributed by atoms with Gasteiger partial charge in [0.1, 0.15) is 11.3 Å². The van der Waals surface area contributed by atoms with Gasteiger partial charge in [0.05, 0.1) is 5.92 Å². The van der Waals surface area contributed by atoms with Gasteiger partial charge in [-0.25, -0.2) is 0 Å². The predicted molar refractivity (Wildman–Crippen MR) is 133 cm³/mol. The summed E-state index contributed by atoms with van der Waals surface area (Å²) in [5.41, 5.74) is 5.06. The second-order valence-electron chi connectivity index (χ2n) is 9.54. The summed E-state index contributed by atoms with van der Waals surface area (Å²) in [7, 11) is 0. The minimum absolute atomic E-state index is 0.0383. The van der Waals surface area contributed by atoms with Gasteiger partial charge in [0.2, 0.25) is 0 Å². The van der Waals surface area contributed by atoms with Gasteiger partial charge in [0, 0.05) is 46.5 Å². The number of carbonyl (C=O) groups excluding carboxylic acids is 1. The van der Waals surface area contributed by atoms with E-state index in [2.05, 4.69) is 29.4 Å². The Balaban J connectivity index is 1.10. The Labute approximate surface area is 199 Å². The number of ketones is 1. The van der Waals surface area contributed by atoms with Crippen LogP contribution < -0.4 is 0 Å². The number of nitrogens with one attached hydrogen (secondary N) is 1. The van der Waals surface area contributed by atoms with Crippen LogP contribution >= 0.6 is 0 Å². The van der Waals surface area contributed by atoms with E-state index in [4.69, 9.17) is 4.42 Å². The van der Waals surface area contributed by atoms with Crippen LogP contribution in [0.2, 0.25) is 0 Å². The van der Waals surface area contributed by atoms with E-state index in [9.17, 15) is 14.7 Å². The van der Waals surface area contributed by atoms with Crippen LogP contribution in [-0.4, -0.2) is 21.8 Å². The molecule has 0 amide bonds. The van der Waals surface area contributed by atoms with E-state index < -0.39 is 11.9 Å². The second kappa shape index (κ2) is 9.88. The van der Waals surface area contributed by atoms with E-state index in [0.717, 1.165) is 68.1 Å². The first-order valence-corrected chi connectivity index (χ1v) is 12.5. The van der Waals surface area contributed by atoms with Gasteiger partial charge in [-0.3, -0.25) is 9.59 Å². The van der Waals surface area contributed by atoms with Crippen molar-refractivity contribution in [1.82, 2.24) is 4.98 Å². The van der Waals surface area contributed by atoms with Crippen molar-refractivity contribution in [3.63, 3.8) is 0 Å². The van der Waals surface area contributed by atoms with Gasteiger partial charge in [-0.05, 0) is 49.8 Å². The van der Waals surface area contributed by atoms with E-state index >= 15 is 0 Å². The number of hydrogen-bond acceptors (Lipinski definition) is 3. The summed E-state index contributed by atoms with van der Waals surface area (Å²) >= 11 is 0. The van der Waals surface area contributed by atoms with Crippen LogP contribution in [-0.2, 0) is 24.1 Å². The molecule has 0 bridgehead atoms. The number of carboxylic acid groups (broad SMARTS) is 1.